The molecule has 1 N–H and O–H groups in total. The number of para-hydroxylation sites is 1. The fourth-order valence-corrected chi connectivity index (χ4v) is 5.29. The van der Waals surface area contributed by atoms with E-state index in [-0.39, 0.29) is 0 Å². The quantitative estimate of drug-likeness (QED) is 0.169. The number of aromatic nitrogens is 2. The molecule has 162 valence electrons. The van der Waals surface area contributed by atoms with Gasteiger partial charge in [-0.1, -0.05) is 56.0 Å². The van der Waals surface area contributed by atoms with E-state index in [1.54, 1.807) is 11.3 Å². The molecular formula is C28H22N2O2S. The summed E-state index contributed by atoms with van der Waals surface area (Å²) in [4.78, 5) is 13.3. The fourth-order valence-electron chi connectivity index (χ4n) is 4.11. The van der Waals surface area contributed by atoms with Crippen LogP contribution in [0.5, 0.6) is 5.75 Å². The molecule has 5 heteroatoms. The highest BCUT2D eigenvalue weighted by molar-refractivity contribution is 7.20. The standard InChI is InChI=1S/C28H22N2O2S/c1-3-21(26-16-18-9-5-8-12-25(18)33-26)28(19-13-14-23-20(15-19)17-29-30-23)22-10-6-7-11-24(22)32-27(31)4-2/h4-17H,2-3H2,1H3,(H,29,30)/b28-21+. The molecule has 0 spiro atoms. The van der Waals surface area contributed by atoms with E-state index in [1.807, 2.05) is 36.5 Å². The van der Waals surface area contributed by atoms with Crippen molar-refractivity contribution in [1.82, 2.24) is 10.2 Å². The van der Waals surface area contributed by atoms with Gasteiger partial charge in [0.05, 0.1) is 11.7 Å². The van der Waals surface area contributed by atoms with Gasteiger partial charge in [-0.15, -0.1) is 11.3 Å². The lowest BCUT2D eigenvalue weighted by Gasteiger charge is -2.18. The third kappa shape index (κ3) is 3.99. The molecule has 5 aromatic rings. The van der Waals surface area contributed by atoms with Crippen molar-refractivity contribution >= 4 is 49.4 Å². The zero-order chi connectivity index (χ0) is 22.8. The van der Waals surface area contributed by atoms with Crippen LogP contribution in [0.4, 0.5) is 0 Å². The Morgan fingerprint density at radius 2 is 1.88 bits per heavy atom. The van der Waals surface area contributed by atoms with Crippen molar-refractivity contribution < 1.29 is 9.53 Å². The van der Waals surface area contributed by atoms with E-state index >= 15 is 0 Å². The number of fused-ring (bicyclic) bond motifs is 2. The van der Waals surface area contributed by atoms with Gasteiger partial charge in [-0.05, 0) is 58.8 Å². The Hall–Kier alpha value is -3.96. The third-order valence-electron chi connectivity index (χ3n) is 5.64. The van der Waals surface area contributed by atoms with Crippen molar-refractivity contribution in [2.75, 3.05) is 0 Å². The van der Waals surface area contributed by atoms with Gasteiger partial charge in [0.2, 0.25) is 0 Å². The van der Waals surface area contributed by atoms with Gasteiger partial charge in [0, 0.05) is 26.6 Å². The lowest BCUT2D eigenvalue weighted by atomic mass is 9.90. The van der Waals surface area contributed by atoms with Gasteiger partial charge in [0.1, 0.15) is 5.75 Å². The molecule has 0 amide bonds. The third-order valence-corrected chi connectivity index (χ3v) is 6.82. The molecule has 0 atom stereocenters. The summed E-state index contributed by atoms with van der Waals surface area (Å²) in [7, 11) is 0. The maximum absolute atomic E-state index is 12.1. The predicted octanol–water partition coefficient (Wildman–Crippen LogP) is 7.24. The van der Waals surface area contributed by atoms with Crippen molar-refractivity contribution in [2.24, 2.45) is 0 Å². The van der Waals surface area contributed by atoms with Gasteiger partial charge < -0.3 is 4.74 Å². The highest BCUT2D eigenvalue weighted by atomic mass is 32.1. The molecule has 2 heterocycles. The first-order valence-corrected chi connectivity index (χ1v) is 11.6. The van der Waals surface area contributed by atoms with Crippen LogP contribution in [0.2, 0.25) is 0 Å². The largest absolute Gasteiger partial charge is 0.423 e. The number of carbonyl (C=O) groups excluding carboxylic acids is 1. The number of thiophene rings is 1. The van der Waals surface area contributed by atoms with E-state index in [0.29, 0.717) is 5.75 Å². The van der Waals surface area contributed by atoms with E-state index in [9.17, 15) is 4.79 Å². The minimum absolute atomic E-state index is 0.480. The molecule has 0 aliphatic carbocycles. The predicted molar refractivity (Wildman–Crippen MR) is 136 cm³/mol. The lowest BCUT2D eigenvalue weighted by molar-refractivity contribution is -0.128. The van der Waals surface area contributed by atoms with Crippen molar-refractivity contribution in [1.29, 1.82) is 0 Å². The molecule has 0 saturated heterocycles. The smallest absolute Gasteiger partial charge is 0.335 e. The number of aromatic amines is 1. The monoisotopic (exact) mass is 450 g/mol. The highest BCUT2D eigenvalue weighted by Crippen LogP contribution is 2.42. The van der Waals surface area contributed by atoms with Crippen molar-refractivity contribution in [3.8, 4) is 5.75 Å². The summed E-state index contributed by atoms with van der Waals surface area (Å²) in [6, 6.07) is 24.6. The van der Waals surface area contributed by atoms with Crippen LogP contribution in [-0.4, -0.2) is 16.2 Å². The van der Waals surface area contributed by atoms with Gasteiger partial charge in [-0.2, -0.15) is 5.10 Å². The van der Waals surface area contributed by atoms with Crippen LogP contribution in [0.15, 0.2) is 91.6 Å². The van der Waals surface area contributed by atoms with E-state index in [0.717, 1.165) is 34.0 Å². The molecule has 33 heavy (non-hydrogen) atoms. The Morgan fingerprint density at radius 3 is 2.70 bits per heavy atom. The lowest BCUT2D eigenvalue weighted by Crippen LogP contribution is -2.06. The maximum atomic E-state index is 12.1. The van der Waals surface area contributed by atoms with Gasteiger partial charge in [-0.3, -0.25) is 5.10 Å². The number of ether oxygens (including phenoxy) is 1. The Labute approximate surface area is 195 Å². The summed E-state index contributed by atoms with van der Waals surface area (Å²) >= 11 is 1.78. The Kier molecular flexibility index (Phi) is 5.63. The first-order chi connectivity index (χ1) is 16.2. The SMILES string of the molecule is C=CC(=O)Oc1ccccc1/C(=C(\CC)c1cc2ccccc2s1)c1ccc2[nH]ncc2c1. The topological polar surface area (TPSA) is 55.0 Å². The summed E-state index contributed by atoms with van der Waals surface area (Å²) in [6.45, 7) is 5.71. The van der Waals surface area contributed by atoms with Crippen LogP contribution < -0.4 is 4.74 Å². The minimum Gasteiger partial charge on any atom is -0.423 e. The van der Waals surface area contributed by atoms with E-state index in [2.05, 4.69) is 66.2 Å². The number of hydrogen-bond acceptors (Lipinski definition) is 4. The number of hydrogen-bond donors (Lipinski definition) is 1. The number of allylic oxidation sites excluding steroid dienone is 1. The number of nitrogens with zero attached hydrogens (tertiary/aromatic N) is 1. The molecule has 0 bridgehead atoms. The van der Waals surface area contributed by atoms with E-state index in [4.69, 9.17) is 4.74 Å². The van der Waals surface area contributed by atoms with E-state index in [1.165, 1.54) is 26.6 Å². The first kappa shape index (κ1) is 20.9. The Bertz CT molecular complexity index is 1490. The molecule has 5 rings (SSSR count). The van der Waals surface area contributed by atoms with Crippen molar-refractivity contribution in [3.63, 3.8) is 0 Å². The Balaban J connectivity index is 1.80. The van der Waals surface area contributed by atoms with Crippen molar-refractivity contribution in [2.45, 2.75) is 13.3 Å². The summed E-state index contributed by atoms with van der Waals surface area (Å²) in [6.07, 6.45) is 3.82. The highest BCUT2D eigenvalue weighted by Gasteiger charge is 2.19. The summed E-state index contributed by atoms with van der Waals surface area (Å²) < 4.78 is 6.90. The molecule has 0 unspecified atom stereocenters. The number of H-pyrrole nitrogens is 1. The van der Waals surface area contributed by atoms with Crippen LogP contribution in [-0.2, 0) is 4.79 Å². The molecule has 2 aromatic heterocycles. The molecule has 0 saturated carbocycles. The molecule has 0 fully saturated rings. The number of esters is 1. The number of benzene rings is 3. The molecule has 0 aliphatic heterocycles. The van der Waals surface area contributed by atoms with Gasteiger partial charge in [0.25, 0.3) is 0 Å². The number of carbonyl (C=O) groups is 1. The summed E-state index contributed by atoms with van der Waals surface area (Å²) in [5, 5.41) is 9.44. The Morgan fingerprint density at radius 1 is 1.06 bits per heavy atom. The molecular weight excluding hydrogens is 428 g/mol. The van der Waals surface area contributed by atoms with Gasteiger partial charge in [0.15, 0.2) is 0 Å². The fraction of sp³-hybridized carbons (Fsp3) is 0.0714. The van der Waals surface area contributed by atoms with Gasteiger partial charge >= 0.3 is 5.97 Å². The maximum Gasteiger partial charge on any atom is 0.335 e. The summed E-state index contributed by atoms with van der Waals surface area (Å²) in [5.41, 5.74) is 5.12. The second-order valence-corrected chi connectivity index (χ2v) is 8.73. The van der Waals surface area contributed by atoms with Crippen LogP contribution in [0.25, 0.3) is 32.1 Å². The second kappa shape index (κ2) is 8.88. The van der Waals surface area contributed by atoms with Crippen LogP contribution in [0.1, 0.15) is 29.3 Å². The molecule has 4 nitrogen and oxygen atoms in total. The minimum atomic E-state index is -0.480. The zero-order valence-electron chi connectivity index (χ0n) is 18.2. The van der Waals surface area contributed by atoms with Gasteiger partial charge in [-0.25, -0.2) is 4.79 Å². The number of nitrogens with one attached hydrogen (secondary N) is 1. The molecule has 3 aromatic carbocycles. The first-order valence-electron chi connectivity index (χ1n) is 10.8. The molecule has 0 radical (unpaired) electrons. The molecule has 0 aliphatic rings. The average molecular weight is 451 g/mol. The van der Waals surface area contributed by atoms with Crippen LogP contribution in [0.3, 0.4) is 0 Å². The van der Waals surface area contributed by atoms with E-state index < -0.39 is 5.97 Å². The average Bonchev–Trinajstić information content (AvgIpc) is 3.49. The van der Waals surface area contributed by atoms with Crippen molar-refractivity contribution in [3.05, 3.63) is 108 Å². The summed E-state index contributed by atoms with van der Waals surface area (Å²) in [5.74, 6) is 0.0312. The second-order valence-electron chi connectivity index (χ2n) is 7.65. The van der Waals surface area contributed by atoms with Crippen LogP contribution >= 0.6 is 11.3 Å². The normalized spacial score (nSPS) is 12.0. The number of rotatable bonds is 6. The zero-order valence-corrected chi connectivity index (χ0v) is 19.0. The van der Waals surface area contributed by atoms with Crippen LogP contribution in [0, 0.1) is 0 Å².